The van der Waals surface area contributed by atoms with Crippen LogP contribution in [-0.4, -0.2) is 12.6 Å². The van der Waals surface area contributed by atoms with Gasteiger partial charge in [0.1, 0.15) is 0 Å². The van der Waals surface area contributed by atoms with Crippen molar-refractivity contribution in [2.24, 2.45) is 10.8 Å². The van der Waals surface area contributed by atoms with Gasteiger partial charge in [0.05, 0.1) is 6.61 Å². The van der Waals surface area contributed by atoms with Crippen molar-refractivity contribution in [1.29, 1.82) is 0 Å². The maximum atomic E-state index is 10.9. The Bertz CT molecular complexity index is 209. The van der Waals surface area contributed by atoms with Gasteiger partial charge in [-0.1, -0.05) is 41.2 Å². The van der Waals surface area contributed by atoms with Crippen LogP contribution in [0.1, 0.15) is 41.0 Å². The van der Waals surface area contributed by atoms with E-state index in [9.17, 15) is 4.79 Å². The zero-order chi connectivity index (χ0) is 11.4. The molecule has 2 nitrogen and oxygen atoms in total. The minimum Gasteiger partial charge on any atom is -0.462 e. The first-order valence-electron chi connectivity index (χ1n) is 4.95. The number of carbonyl (C=O) groups is 1. The largest absolute Gasteiger partial charge is 0.462 e. The minimum absolute atomic E-state index is 0.0247. The molecule has 0 aliphatic heterocycles. The third-order valence-electron chi connectivity index (χ3n) is 1.78. The zero-order valence-electron chi connectivity index (χ0n) is 10.0. The maximum Gasteiger partial charge on any atom is 0.330 e. The molecule has 0 spiro atoms. The molecular weight excluding hydrogens is 176 g/mol. The van der Waals surface area contributed by atoms with E-state index in [0.717, 1.165) is 6.42 Å². The van der Waals surface area contributed by atoms with Gasteiger partial charge < -0.3 is 4.74 Å². The second kappa shape index (κ2) is 4.63. The molecule has 82 valence electrons. The van der Waals surface area contributed by atoms with Crippen molar-refractivity contribution in [2.75, 3.05) is 6.61 Å². The van der Waals surface area contributed by atoms with Crippen molar-refractivity contribution in [3.05, 3.63) is 12.7 Å². The summed E-state index contributed by atoms with van der Waals surface area (Å²) in [7, 11) is 0. The fourth-order valence-corrected chi connectivity index (χ4v) is 1.81. The number of esters is 1. The summed E-state index contributed by atoms with van der Waals surface area (Å²) in [6.07, 6.45) is 2.22. The van der Waals surface area contributed by atoms with Gasteiger partial charge in [-0.05, 0) is 17.3 Å². The van der Waals surface area contributed by atoms with Crippen molar-refractivity contribution in [3.8, 4) is 0 Å². The molecule has 0 aliphatic rings. The lowest BCUT2D eigenvalue weighted by Crippen LogP contribution is -2.26. The van der Waals surface area contributed by atoms with Crippen molar-refractivity contribution in [3.63, 3.8) is 0 Å². The van der Waals surface area contributed by atoms with Gasteiger partial charge in [0.25, 0.3) is 0 Å². The van der Waals surface area contributed by atoms with Gasteiger partial charge in [-0.25, -0.2) is 4.79 Å². The standard InChI is InChI=1S/C12H22O2/c1-7-10(13)14-9-12(5,6)8-11(2,3)4/h7H,1,8-9H2,2-6H3. The molecule has 0 N–H and O–H groups in total. The average Bonchev–Trinajstić information content (AvgIpc) is 1.96. The van der Waals surface area contributed by atoms with E-state index < -0.39 is 0 Å². The van der Waals surface area contributed by atoms with Crippen LogP contribution >= 0.6 is 0 Å². The molecule has 0 aromatic rings. The molecule has 0 heterocycles. The Kier molecular flexibility index (Phi) is 4.37. The molecule has 0 atom stereocenters. The highest BCUT2D eigenvalue weighted by Gasteiger charge is 2.26. The molecule has 0 aromatic carbocycles. The molecule has 0 fully saturated rings. The van der Waals surface area contributed by atoms with E-state index in [1.165, 1.54) is 6.08 Å². The summed E-state index contributed by atoms with van der Waals surface area (Å²) in [5, 5.41) is 0. The van der Waals surface area contributed by atoms with E-state index >= 15 is 0 Å². The van der Waals surface area contributed by atoms with Crippen molar-refractivity contribution in [1.82, 2.24) is 0 Å². The predicted molar refractivity (Wildman–Crippen MR) is 59.0 cm³/mol. The number of hydrogen-bond acceptors (Lipinski definition) is 2. The zero-order valence-corrected chi connectivity index (χ0v) is 10.0. The molecule has 0 amide bonds. The van der Waals surface area contributed by atoms with Gasteiger partial charge in [-0.2, -0.15) is 0 Å². The predicted octanol–water partition coefficient (Wildman–Crippen LogP) is 3.18. The van der Waals surface area contributed by atoms with E-state index in [-0.39, 0.29) is 16.8 Å². The minimum atomic E-state index is -0.341. The Morgan fingerprint density at radius 1 is 1.29 bits per heavy atom. The second-order valence-corrected chi connectivity index (χ2v) is 5.71. The summed E-state index contributed by atoms with van der Waals surface area (Å²) in [6.45, 7) is 14.6. The summed E-state index contributed by atoms with van der Waals surface area (Å²) in [5.74, 6) is -0.341. The Labute approximate surface area is 87.3 Å². The summed E-state index contributed by atoms with van der Waals surface area (Å²) in [4.78, 5) is 10.9. The topological polar surface area (TPSA) is 26.3 Å². The SMILES string of the molecule is C=CC(=O)OCC(C)(C)CC(C)(C)C. The van der Waals surface area contributed by atoms with Crippen LogP contribution in [0, 0.1) is 10.8 Å². The smallest absolute Gasteiger partial charge is 0.330 e. The second-order valence-electron chi connectivity index (χ2n) is 5.71. The fourth-order valence-electron chi connectivity index (χ4n) is 1.81. The van der Waals surface area contributed by atoms with E-state index in [2.05, 4.69) is 41.2 Å². The molecule has 0 aliphatic carbocycles. The van der Waals surface area contributed by atoms with E-state index in [1.54, 1.807) is 0 Å². The first kappa shape index (κ1) is 13.2. The highest BCUT2D eigenvalue weighted by atomic mass is 16.5. The average molecular weight is 198 g/mol. The summed E-state index contributed by atoms with van der Waals surface area (Å²) < 4.78 is 5.04. The molecule has 0 bridgehead atoms. The van der Waals surface area contributed by atoms with Crippen LogP contribution in [0.25, 0.3) is 0 Å². The summed E-state index contributed by atoms with van der Waals surface area (Å²) in [6, 6.07) is 0. The Hall–Kier alpha value is -0.790. The highest BCUT2D eigenvalue weighted by Crippen LogP contribution is 2.33. The monoisotopic (exact) mass is 198 g/mol. The molecule has 2 heteroatoms. The lowest BCUT2D eigenvalue weighted by molar-refractivity contribution is -0.141. The molecule has 0 aromatic heterocycles. The molecule has 14 heavy (non-hydrogen) atoms. The lowest BCUT2D eigenvalue weighted by atomic mass is 9.77. The van der Waals surface area contributed by atoms with E-state index in [1.807, 2.05) is 0 Å². The van der Waals surface area contributed by atoms with E-state index in [4.69, 9.17) is 4.74 Å². The van der Waals surface area contributed by atoms with Crippen molar-refractivity contribution in [2.45, 2.75) is 41.0 Å². The van der Waals surface area contributed by atoms with Crippen LogP contribution in [-0.2, 0) is 9.53 Å². The van der Waals surface area contributed by atoms with Gasteiger partial charge in [0.2, 0.25) is 0 Å². The van der Waals surface area contributed by atoms with Crippen LogP contribution in [0.4, 0.5) is 0 Å². The Morgan fingerprint density at radius 3 is 2.14 bits per heavy atom. The van der Waals surface area contributed by atoms with Gasteiger partial charge in [0, 0.05) is 6.08 Å². The number of hydrogen-bond donors (Lipinski definition) is 0. The molecule has 0 saturated heterocycles. The van der Waals surface area contributed by atoms with Gasteiger partial charge >= 0.3 is 5.97 Å². The number of ether oxygens (including phenoxy) is 1. The van der Waals surface area contributed by atoms with Gasteiger partial charge in [-0.15, -0.1) is 0 Å². The van der Waals surface area contributed by atoms with Gasteiger partial charge in [-0.3, -0.25) is 0 Å². The quantitative estimate of drug-likeness (QED) is 0.512. The summed E-state index contributed by atoms with van der Waals surface area (Å²) in [5.41, 5.74) is 0.279. The fraction of sp³-hybridized carbons (Fsp3) is 0.750. The van der Waals surface area contributed by atoms with Crippen LogP contribution in [0.5, 0.6) is 0 Å². The Morgan fingerprint density at radius 2 is 1.79 bits per heavy atom. The third kappa shape index (κ3) is 6.70. The number of carbonyl (C=O) groups excluding carboxylic acids is 1. The van der Waals surface area contributed by atoms with Crippen LogP contribution in [0.3, 0.4) is 0 Å². The molecule has 0 radical (unpaired) electrons. The molecule has 0 saturated carbocycles. The molecular formula is C12H22O2. The normalized spacial score (nSPS) is 12.4. The van der Waals surface area contributed by atoms with Crippen LogP contribution in [0.15, 0.2) is 12.7 Å². The van der Waals surface area contributed by atoms with E-state index in [0.29, 0.717) is 6.61 Å². The Balaban J connectivity index is 4.08. The van der Waals surface area contributed by atoms with Crippen molar-refractivity contribution < 1.29 is 9.53 Å². The summed E-state index contributed by atoms with van der Waals surface area (Å²) >= 11 is 0. The first-order chi connectivity index (χ1) is 6.16. The first-order valence-corrected chi connectivity index (χ1v) is 4.95. The third-order valence-corrected chi connectivity index (χ3v) is 1.78. The van der Waals surface area contributed by atoms with Crippen LogP contribution < -0.4 is 0 Å². The molecule has 0 unspecified atom stereocenters. The van der Waals surface area contributed by atoms with Gasteiger partial charge in [0.15, 0.2) is 0 Å². The number of rotatable bonds is 4. The van der Waals surface area contributed by atoms with Crippen molar-refractivity contribution >= 4 is 5.97 Å². The maximum absolute atomic E-state index is 10.9. The highest BCUT2D eigenvalue weighted by molar-refractivity contribution is 5.81. The molecule has 0 rings (SSSR count). The lowest BCUT2D eigenvalue weighted by Gasteiger charge is -2.31. The van der Waals surface area contributed by atoms with Crippen LogP contribution in [0.2, 0.25) is 0 Å².